The van der Waals surface area contributed by atoms with Crippen molar-refractivity contribution < 1.29 is 38.4 Å². The average Bonchev–Trinajstić information content (AvgIpc) is 2.44. The predicted molar refractivity (Wildman–Crippen MR) is 94.7 cm³/mol. The number of aliphatic imine (C=N–C) groups is 1. The summed E-state index contributed by atoms with van der Waals surface area (Å²) in [5.74, 6) is 0.430. The van der Waals surface area contributed by atoms with E-state index in [-0.39, 0.29) is 11.5 Å². The van der Waals surface area contributed by atoms with Crippen LogP contribution in [0.4, 0.5) is 5.69 Å². The number of anilines is 1. The van der Waals surface area contributed by atoms with E-state index in [4.69, 9.17) is 23.4 Å². The van der Waals surface area contributed by atoms with Crippen LogP contribution in [0.3, 0.4) is 0 Å². The minimum absolute atomic E-state index is 0.188. The Hall–Kier alpha value is -1.97. The van der Waals surface area contributed by atoms with Gasteiger partial charge in [-0.05, 0) is 64.5 Å². The maximum absolute atomic E-state index is 11.6. The third-order valence-corrected chi connectivity index (χ3v) is 2.51. The van der Waals surface area contributed by atoms with Gasteiger partial charge in [0.2, 0.25) is 0 Å². The summed E-state index contributed by atoms with van der Waals surface area (Å²) in [5, 5.41) is 3.23. The number of hydrogen-bond acceptors (Lipinski definition) is 7. The van der Waals surface area contributed by atoms with E-state index >= 15 is 0 Å². The summed E-state index contributed by atoms with van der Waals surface area (Å²) in [6, 6.07) is 7.11. The van der Waals surface area contributed by atoms with Gasteiger partial charge in [0.05, 0.1) is 17.7 Å². The van der Waals surface area contributed by atoms with E-state index in [1.807, 2.05) is 39.8 Å². The topological polar surface area (TPSA) is 134 Å². The molecule has 26 heavy (non-hydrogen) atoms. The number of benzene rings is 1. The molecule has 0 atom stereocenters. The van der Waals surface area contributed by atoms with Crippen molar-refractivity contribution in [2.24, 2.45) is 4.99 Å². The van der Waals surface area contributed by atoms with Gasteiger partial charge in [-0.25, -0.2) is 4.79 Å². The molecule has 0 aliphatic carbocycles. The second-order valence-corrected chi connectivity index (χ2v) is 7.14. The Morgan fingerprint density at radius 1 is 1.27 bits per heavy atom. The van der Waals surface area contributed by atoms with Gasteiger partial charge in [-0.2, -0.15) is 0 Å². The molecule has 1 aromatic carbocycles. The van der Waals surface area contributed by atoms with Gasteiger partial charge in [-0.1, -0.05) is 6.58 Å². The number of esters is 1. The normalized spacial score (nSPS) is 12.6. The van der Waals surface area contributed by atoms with E-state index in [0.29, 0.717) is 12.2 Å². The molecule has 0 bridgehead atoms. The first-order valence-corrected chi connectivity index (χ1v) is 9.01. The molecule has 0 amide bonds. The van der Waals surface area contributed by atoms with Gasteiger partial charge in [-0.3, -0.25) is 4.99 Å². The summed E-state index contributed by atoms with van der Waals surface area (Å²) in [6.45, 7) is 14.1. The van der Waals surface area contributed by atoms with Crippen LogP contribution in [0, 0.1) is 10.2 Å². The molecule has 0 aliphatic heterocycles. The van der Waals surface area contributed by atoms with Crippen molar-refractivity contribution >= 4 is 17.5 Å². The number of rotatable bonds is 4. The summed E-state index contributed by atoms with van der Waals surface area (Å²) >= 11 is 0. The summed E-state index contributed by atoms with van der Waals surface area (Å²) in [4.78, 5) is 16.2. The number of carbonyl (C=O) groups excluding carboxylic acids is 1. The molecule has 0 heterocycles. The van der Waals surface area contributed by atoms with E-state index in [1.54, 1.807) is 19.1 Å². The molecular weight excluding hydrogens is 364 g/mol. The fourth-order valence-electron chi connectivity index (χ4n) is 1.61. The number of ether oxygens (including phenoxy) is 1. The van der Waals surface area contributed by atoms with E-state index in [2.05, 4.69) is 16.9 Å². The van der Waals surface area contributed by atoms with Crippen LogP contribution in [0.15, 0.2) is 41.4 Å². The Labute approximate surface area is 155 Å². The fourth-order valence-corrected chi connectivity index (χ4v) is 1.61. The van der Waals surface area contributed by atoms with Gasteiger partial charge < -0.3 is 10.1 Å². The Morgan fingerprint density at radius 2 is 1.73 bits per heavy atom. The van der Waals surface area contributed by atoms with Gasteiger partial charge in [0.25, 0.3) is 0 Å². The van der Waals surface area contributed by atoms with Crippen LogP contribution in [-0.2, 0) is 4.74 Å². The Kier molecular flexibility index (Phi) is 9.47. The minimum atomic E-state index is -4.19. The second-order valence-electron chi connectivity index (χ2n) is 6.27. The number of nitrogens with one attached hydrogen (secondary N) is 1. The van der Waals surface area contributed by atoms with Gasteiger partial charge in [0, 0.05) is 5.69 Å². The molecule has 8 nitrogen and oxygen atoms in total. The number of halogens is 1. The van der Waals surface area contributed by atoms with Gasteiger partial charge in [0.1, 0.15) is 5.84 Å². The Morgan fingerprint density at radius 3 is 2.08 bits per heavy atom. The average molecular weight is 391 g/mol. The number of hydrogen-bond donors (Lipinski definition) is 4. The van der Waals surface area contributed by atoms with E-state index in [1.165, 1.54) is 0 Å². The molecule has 0 radical (unpaired) electrons. The van der Waals surface area contributed by atoms with Crippen LogP contribution in [-0.4, -0.2) is 37.9 Å². The Balaban J connectivity index is 0.00000110. The van der Waals surface area contributed by atoms with Crippen molar-refractivity contribution in [3.8, 4) is 0 Å². The molecule has 0 spiro atoms. The van der Waals surface area contributed by atoms with Crippen molar-refractivity contribution in [2.75, 3.05) is 11.9 Å². The van der Waals surface area contributed by atoms with Crippen molar-refractivity contribution in [3.05, 3.63) is 42.0 Å². The van der Waals surface area contributed by atoms with Crippen molar-refractivity contribution in [1.29, 1.82) is 0 Å². The van der Waals surface area contributed by atoms with Crippen molar-refractivity contribution in [1.82, 2.24) is 0 Å². The van der Waals surface area contributed by atoms with Crippen LogP contribution in [0.2, 0.25) is 0 Å². The van der Waals surface area contributed by atoms with Gasteiger partial charge >= 0.3 is 34.8 Å². The molecule has 0 unspecified atom stereocenters. The molecule has 0 aromatic heterocycles. The third kappa shape index (κ3) is 12.4. The first kappa shape index (κ1) is 24.0. The summed E-state index contributed by atoms with van der Waals surface area (Å²) in [5.41, 5.74) is 2.06. The Bertz CT molecular complexity index is 624. The van der Waals surface area contributed by atoms with Crippen LogP contribution >= 0.6 is 0 Å². The molecule has 0 aliphatic rings. The first-order valence-electron chi connectivity index (χ1n) is 7.69. The number of nitrogens with zero attached hydrogens (tertiary/aromatic N) is 1. The molecular formula is C17H27ClN2O6. The van der Waals surface area contributed by atoms with Gasteiger partial charge in [-0.15, -0.1) is 0 Å². The molecule has 0 saturated heterocycles. The standard InChI is InChI=1S/C17H24N2O2.ClH3O4/c1-7-21-16(20)13-8-10-14(11-9-13)18-15(12(2)3)19-17(4,5)6;2-1(3,4)5/h8-11H,2,7H2,1,3-6H3,(H,18,19);2-4H. The zero-order valence-electron chi connectivity index (χ0n) is 15.6. The molecule has 0 fully saturated rings. The van der Waals surface area contributed by atoms with Crippen LogP contribution in [0.25, 0.3) is 0 Å². The molecule has 0 saturated carbocycles. The van der Waals surface area contributed by atoms with Gasteiger partial charge in [0.15, 0.2) is 0 Å². The summed E-state index contributed by atoms with van der Waals surface area (Å²) in [7, 11) is -4.19. The van der Waals surface area contributed by atoms with Crippen LogP contribution in [0.1, 0.15) is 45.0 Å². The molecule has 1 aromatic rings. The molecule has 9 heteroatoms. The van der Waals surface area contributed by atoms with E-state index in [0.717, 1.165) is 17.1 Å². The summed E-state index contributed by atoms with van der Waals surface area (Å²) < 4.78 is 35.2. The fraction of sp³-hybridized carbons (Fsp3) is 0.412. The SMILES string of the molecule is C=C(C)C(=NC(C)(C)C)Nc1ccc(C(=O)OCC)cc1.[O-][Cl+](O)(O)O. The quantitative estimate of drug-likeness (QED) is 0.344. The third-order valence-electron chi connectivity index (χ3n) is 2.51. The first-order chi connectivity index (χ1) is 11.7. The van der Waals surface area contributed by atoms with E-state index in [9.17, 15) is 4.79 Å². The monoisotopic (exact) mass is 390 g/mol. The number of carbonyl (C=O) groups is 1. The van der Waals surface area contributed by atoms with Crippen molar-refractivity contribution in [3.63, 3.8) is 0 Å². The predicted octanol–water partition coefficient (Wildman–Crippen LogP) is 1.19. The number of amidine groups is 1. The van der Waals surface area contributed by atoms with Crippen LogP contribution in [0.5, 0.6) is 0 Å². The molecule has 4 N–H and O–H groups in total. The summed E-state index contributed by atoms with van der Waals surface area (Å²) in [6.07, 6.45) is 0. The maximum atomic E-state index is 11.6. The second kappa shape index (κ2) is 10.2. The zero-order chi connectivity index (χ0) is 20.5. The molecule has 1 rings (SSSR count). The van der Waals surface area contributed by atoms with Crippen molar-refractivity contribution in [2.45, 2.75) is 40.2 Å². The van der Waals surface area contributed by atoms with E-state index < -0.39 is 10.2 Å². The van der Waals surface area contributed by atoms with Crippen LogP contribution < -0.4 is 9.98 Å². The zero-order valence-corrected chi connectivity index (χ0v) is 16.4. The molecule has 148 valence electrons.